The molecule has 1 aromatic carbocycles. The van der Waals surface area contributed by atoms with E-state index in [0.717, 1.165) is 27.3 Å². The molecule has 0 aliphatic carbocycles. The van der Waals surface area contributed by atoms with Gasteiger partial charge < -0.3 is 9.72 Å². The normalized spacial score (nSPS) is 22.0. The molecule has 3 rings (SSSR count). The van der Waals surface area contributed by atoms with E-state index in [1.54, 1.807) is 6.20 Å². The van der Waals surface area contributed by atoms with Gasteiger partial charge in [-0.3, -0.25) is 4.79 Å². The van der Waals surface area contributed by atoms with Crippen molar-refractivity contribution in [2.45, 2.75) is 29.9 Å². The molecule has 4 nitrogen and oxygen atoms in total. The van der Waals surface area contributed by atoms with Crippen LogP contribution in [0.1, 0.15) is 13.3 Å². The monoisotopic (exact) mass is 352 g/mol. The first-order valence-electron chi connectivity index (χ1n) is 6.30. The largest absolute Gasteiger partial charge is 0.462 e. The van der Waals surface area contributed by atoms with Crippen molar-refractivity contribution in [1.29, 1.82) is 0 Å². The summed E-state index contributed by atoms with van der Waals surface area (Å²) >= 11 is 4.84. The minimum atomic E-state index is -0.158. The Morgan fingerprint density at radius 3 is 2.80 bits per heavy atom. The van der Waals surface area contributed by atoms with Crippen LogP contribution >= 0.6 is 27.7 Å². The highest BCUT2D eigenvalue weighted by atomic mass is 79.9. The highest BCUT2D eigenvalue weighted by Crippen LogP contribution is 2.31. The Morgan fingerprint density at radius 2 is 2.15 bits per heavy atom. The number of cyclic esters (lactones) is 1. The molecule has 0 unspecified atom stereocenters. The fourth-order valence-corrected chi connectivity index (χ4v) is 3.43. The summed E-state index contributed by atoms with van der Waals surface area (Å²) in [6, 6.07) is 7.99. The number of nitrogens with one attached hydrogen (secondary N) is 1. The van der Waals surface area contributed by atoms with E-state index in [1.165, 1.54) is 11.8 Å². The van der Waals surface area contributed by atoms with Gasteiger partial charge in [-0.1, -0.05) is 39.8 Å². The lowest BCUT2D eigenvalue weighted by Crippen LogP contribution is -2.09. The summed E-state index contributed by atoms with van der Waals surface area (Å²) in [4.78, 5) is 19.2. The minimum Gasteiger partial charge on any atom is -0.462 e. The van der Waals surface area contributed by atoms with Crippen molar-refractivity contribution in [3.8, 4) is 11.3 Å². The molecule has 0 spiro atoms. The van der Waals surface area contributed by atoms with Crippen molar-refractivity contribution in [3.05, 3.63) is 34.9 Å². The molecule has 2 aromatic rings. The molecule has 1 N–H and O–H groups in total. The number of rotatable bonds is 3. The molecule has 104 valence electrons. The van der Waals surface area contributed by atoms with Gasteiger partial charge in [0.25, 0.3) is 0 Å². The van der Waals surface area contributed by atoms with E-state index < -0.39 is 0 Å². The molecule has 0 amide bonds. The first-order valence-corrected chi connectivity index (χ1v) is 7.97. The van der Waals surface area contributed by atoms with Crippen LogP contribution in [0.2, 0.25) is 0 Å². The van der Waals surface area contributed by atoms with E-state index in [4.69, 9.17) is 4.74 Å². The smallest absolute Gasteiger partial charge is 0.319 e. The summed E-state index contributed by atoms with van der Waals surface area (Å²) in [5.74, 6) is -0.149. The van der Waals surface area contributed by atoms with Crippen molar-refractivity contribution in [3.63, 3.8) is 0 Å². The van der Waals surface area contributed by atoms with Gasteiger partial charge in [0.15, 0.2) is 5.16 Å². The average molecular weight is 353 g/mol. The maximum atomic E-state index is 11.6. The minimum absolute atomic E-state index is 0.000839. The molecular weight excluding hydrogens is 340 g/mol. The fourth-order valence-electron chi connectivity index (χ4n) is 2.09. The quantitative estimate of drug-likeness (QED) is 0.856. The standard InChI is InChI=1S/C14H13BrN2O2S/c1-8-6-12(13(18)19-8)20-14-16-7-11(17-14)9-2-4-10(15)5-3-9/h2-5,7-8,12H,6H2,1H3,(H,16,17)/t8-,12-/m0/s1. The Kier molecular flexibility index (Phi) is 3.85. The summed E-state index contributed by atoms with van der Waals surface area (Å²) in [6.45, 7) is 1.91. The van der Waals surface area contributed by atoms with Gasteiger partial charge in [0.2, 0.25) is 0 Å². The number of carbonyl (C=O) groups excluding carboxylic acids is 1. The number of hydrogen-bond donors (Lipinski definition) is 1. The summed E-state index contributed by atoms with van der Waals surface area (Å²) in [5, 5.41) is 0.591. The van der Waals surface area contributed by atoms with E-state index >= 15 is 0 Å². The fraction of sp³-hybridized carbons (Fsp3) is 0.286. The molecular formula is C14H13BrN2O2S. The second kappa shape index (κ2) is 5.61. The van der Waals surface area contributed by atoms with E-state index in [0.29, 0.717) is 0 Å². The zero-order chi connectivity index (χ0) is 14.1. The number of benzene rings is 1. The maximum Gasteiger partial charge on any atom is 0.319 e. The van der Waals surface area contributed by atoms with Crippen LogP contribution in [-0.2, 0) is 9.53 Å². The van der Waals surface area contributed by atoms with Gasteiger partial charge in [0.1, 0.15) is 11.4 Å². The maximum absolute atomic E-state index is 11.6. The molecule has 1 aromatic heterocycles. The lowest BCUT2D eigenvalue weighted by atomic mass is 10.2. The van der Waals surface area contributed by atoms with Gasteiger partial charge in [-0.2, -0.15) is 0 Å². The Bertz CT molecular complexity index is 626. The van der Waals surface area contributed by atoms with Crippen LogP contribution in [0.3, 0.4) is 0 Å². The van der Waals surface area contributed by atoms with Gasteiger partial charge in [0, 0.05) is 10.9 Å². The topological polar surface area (TPSA) is 55.0 Å². The SMILES string of the molecule is C[C@H]1C[C@H](Sc2ncc(-c3ccc(Br)cc3)[nH]2)C(=O)O1. The molecule has 2 atom stereocenters. The van der Waals surface area contributed by atoms with Crippen LogP contribution in [-0.4, -0.2) is 27.3 Å². The van der Waals surface area contributed by atoms with Crippen LogP contribution in [0.25, 0.3) is 11.3 Å². The van der Waals surface area contributed by atoms with Crippen molar-refractivity contribution in [2.75, 3.05) is 0 Å². The number of aromatic nitrogens is 2. The molecule has 0 saturated carbocycles. The van der Waals surface area contributed by atoms with Gasteiger partial charge in [-0.15, -0.1) is 0 Å². The number of thioether (sulfide) groups is 1. The number of ether oxygens (including phenoxy) is 1. The Labute approximate surface area is 129 Å². The second-order valence-electron chi connectivity index (χ2n) is 4.70. The highest BCUT2D eigenvalue weighted by Gasteiger charge is 2.33. The third kappa shape index (κ3) is 2.91. The second-order valence-corrected chi connectivity index (χ2v) is 6.81. The number of esters is 1. The molecule has 6 heteroatoms. The number of aromatic amines is 1. The first kappa shape index (κ1) is 13.7. The van der Waals surface area contributed by atoms with E-state index in [1.807, 2.05) is 31.2 Å². The van der Waals surface area contributed by atoms with Crippen LogP contribution in [0.4, 0.5) is 0 Å². The van der Waals surface area contributed by atoms with E-state index in [2.05, 4.69) is 25.9 Å². The highest BCUT2D eigenvalue weighted by molar-refractivity contribution is 9.10. The molecule has 1 saturated heterocycles. The molecule has 1 aliphatic rings. The Balaban J connectivity index is 1.74. The average Bonchev–Trinajstić information content (AvgIpc) is 2.98. The molecule has 1 aliphatic heterocycles. The number of imidazole rings is 1. The first-order chi connectivity index (χ1) is 9.61. The van der Waals surface area contributed by atoms with Crippen molar-refractivity contribution >= 4 is 33.7 Å². The third-order valence-electron chi connectivity index (χ3n) is 3.09. The van der Waals surface area contributed by atoms with E-state index in [-0.39, 0.29) is 17.3 Å². The van der Waals surface area contributed by atoms with Crippen LogP contribution < -0.4 is 0 Å². The Hall–Kier alpha value is -1.27. The summed E-state index contributed by atoms with van der Waals surface area (Å²) in [7, 11) is 0. The lowest BCUT2D eigenvalue weighted by Gasteiger charge is -2.01. The molecule has 0 bridgehead atoms. The van der Waals surface area contributed by atoms with Crippen LogP contribution in [0, 0.1) is 0 Å². The molecule has 2 heterocycles. The number of nitrogens with zero attached hydrogens (tertiary/aromatic N) is 1. The predicted octanol–water partition coefficient (Wildman–Crippen LogP) is 3.64. The summed E-state index contributed by atoms with van der Waals surface area (Å²) < 4.78 is 6.18. The number of H-pyrrole nitrogens is 1. The zero-order valence-corrected chi connectivity index (χ0v) is 13.2. The van der Waals surface area contributed by atoms with Crippen molar-refractivity contribution in [1.82, 2.24) is 9.97 Å². The third-order valence-corrected chi connectivity index (χ3v) is 4.72. The van der Waals surface area contributed by atoms with Crippen LogP contribution in [0.15, 0.2) is 40.1 Å². The Morgan fingerprint density at radius 1 is 1.40 bits per heavy atom. The molecule has 1 fully saturated rings. The summed E-state index contributed by atoms with van der Waals surface area (Å²) in [5.41, 5.74) is 2.01. The van der Waals surface area contributed by atoms with Crippen molar-refractivity contribution in [2.24, 2.45) is 0 Å². The van der Waals surface area contributed by atoms with Crippen molar-refractivity contribution < 1.29 is 9.53 Å². The van der Waals surface area contributed by atoms with Gasteiger partial charge in [-0.25, -0.2) is 4.98 Å². The zero-order valence-electron chi connectivity index (χ0n) is 10.8. The molecule has 20 heavy (non-hydrogen) atoms. The lowest BCUT2D eigenvalue weighted by molar-refractivity contribution is -0.140. The van der Waals surface area contributed by atoms with E-state index in [9.17, 15) is 4.79 Å². The predicted molar refractivity (Wildman–Crippen MR) is 81.5 cm³/mol. The van der Waals surface area contributed by atoms with Gasteiger partial charge in [0.05, 0.1) is 11.9 Å². The number of carbonyl (C=O) groups is 1. The molecule has 0 radical (unpaired) electrons. The van der Waals surface area contributed by atoms with Gasteiger partial charge >= 0.3 is 5.97 Å². The summed E-state index contributed by atoms with van der Waals surface area (Å²) in [6.07, 6.45) is 2.52. The van der Waals surface area contributed by atoms with Gasteiger partial charge in [-0.05, 0) is 24.6 Å². The number of halogens is 1. The van der Waals surface area contributed by atoms with Crippen LogP contribution in [0.5, 0.6) is 0 Å². The number of hydrogen-bond acceptors (Lipinski definition) is 4.